The number of aliphatic imine (C=N–C) groups is 6. The predicted molar refractivity (Wildman–Crippen MR) is 586 cm³/mol. The molecule has 738 valence electrons. The normalized spacial score (nSPS) is 10.6. The van der Waals surface area contributed by atoms with E-state index in [1.807, 2.05) is 158 Å². The first-order chi connectivity index (χ1) is 67.1. The summed E-state index contributed by atoms with van der Waals surface area (Å²) in [5.74, 6) is 5.44. The second-order valence-corrected chi connectivity index (χ2v) is 49.5. The van der Waals surface area contributed by atoms with Crippen LogP contribution in [0.2, 0.25) is 0 Å². The van der Waals surface area contributed by atoms with Gasteiger partial charge in [0.25, 0.3) is 0 Å². The number of para-hydroxylation sites is 2. The number of nitrogens with zero attached hydrogens (tertiary/aromatic N) is 6. The van der Waals surface area contributed by atoms with E-state index in [-0.39, 0.29) is 46.0 Å². The van der Waals surface area contributed by atoms with Crippen molar-refractivity contribution in [3.8, 4) is 80.5 Å². The molecular weight excluding hydrogens is 2350 g/mol. The third-order valence-electron chi connectivity index (χ3n) is 17.5. The number of phenols is 6. The van der Waals surface area contributed by atoms with Crippen LogP contribution in [0.5, 0.6) is 80.5 Å². The summed E-state index contributed by atoms with van der Waals surface area (Å²) >= 11 is -3.33. The summed E-state index contributed by atoms with van der Waals surface area (Å²) in [6.45, 7) is 4.13. The predicted octanol–water partition coefficient (Wildman–Crippen LogP) is 21.5. The molecule has 0 radical (unpaired) electrons. The van der Waals surface area contributed by atoms with Crippen LogP contribution in [0, 0.1) is 19.7 Å². The molecular formula is C94H103Cl12FN6O14P6Ti6. The molecule has 12 aromatic carbocycles. The fraction of sp³-hybridized carbons (Fsp3) is 0.170. The standard InChI is InChI=1S/C16H17FNO3P.C16H18NO3P.2C16H18NO2P.2C15H16NO2P.12ClH.6Ti/c1-18-9-10-6-11(17)4-5-14(10)22-15-8-12(20-2)7-13(21-3)16(15)19;1-17-10-11-6-4-5-7-14(11)21-15-9-12(19-2)8-13(20-3)16(15)18;1-11-4-7-15(12(8-11)10-17-2)20-16-9-13(19-3)5-6-14(16)18;1-11-6-4-7-12(10-17-2)16(11)20-14-9-5-8-13(19-3)15(14)18;1-16-10-11-6-3-4-8-13(11)19-14-9-5-7-12(18-2)15(14)17;1-16-10-11-5-3-4-6-14(11)19-15-9-12(18-2)7-8-13(15)17;;;;;;;;;;;;;;;;;;/h4-9,19,22H,1-3H3;4-10,18,21H,1-3H3;2*4-10,18,20H,1-3H3;2*3-10,17,19H,1-2H3;12*1H;;;;;;/q;;;;;;;;;;;;;;;;;;6*+2/p-12. The van der Waals surface area contributed by atoms with Crippen molar-refractivity contribution >= 4 is 264 Å². The van der Waals surface area contributed by atoms with E-state index in [0.717, 1.165) is 92.4 Å². The van der Waals surface area contributed by atoms with Gasteiger partial charge in [0.05, 0.1) is 56.9 Å². The van der Waals surface area contributed by atoms with Crippen LogP contribution in [0.1, 0.15) is 44.5 Å². The molecule has 0 aliphatic carbocycles. The molecule has 6 atom stereocenters. The van der Waals surface area contributed by atoms with Crippen molar-refractivity contribution in [1.82, 2.24) is 0 Å². The molecule has 0 spiro atoms. The van der Waals surface area contributed by atoms with Gasteiger partial charge in [-0.3, -0.25) is 30.0 Å². The Kier molecular flexibility index (Phi) is 78.7. The van der Waals surface area contributed by atoms with Crippen LogP contribution in [0.3, 0.4) is 0 Å². The van der Waals surface area contributed by atoms with Crippen LogP contribution in [-0.4, -0.2) is 167 Å². The fourth-order valence-corrected chi connectivity index (χ4v) is 18.7. The number of phenolic OH excluding ortho intramolecular Hbond substituents is 6. The van der Waals surface area contributed by atoms with Crippen molar-refractivity contribution in [2.24, 2.45) is 30.0 Å². The summed E-state index contributed by atoms with van der Waals surface area (Å²) < 4.78 is 54.9. The van der Waals surface area contributed by atoms with Gasteiger partial charge < -0.3 is 68.5 Å². The van der Waals surface area contributed by atoms with E-state index < -0.39 is 102 Å². The molecule has 0 aromatic heterocycles. The molecule has 6 unspecified atom stereocenters. The van der Waals surface area contributed by atoms with E-state index >= 15 is 0 Å². The zero-order valence-corrected chi connectivity index (χ0v) is 102. The van der Waals surface area contributed by atoms with Crippen molar-refractivity contribution in [2.45, 2.75) is 13.8 Å². The first-order valence-corrected chi connectivity index (χ1v) is 71.4. The third kappa shape index (κ3) is 51.6. The number of halogens is 13. The van der Waals surface area contributed by atoms with E-state index in [1.165, 1.54) is 42.8 Å². The van der Waals surface area contributed by atoms with Gasteiger partial charge in [0.1, 0.15) is 40.3 Å². The van der Waals surface area contributed by atoms with Crippen LogP contribution in [0.15, 0.2) is 254 Å². The molecule has 12 aromatic rings. The van der Waals surface area contributed by atoms with Crippen LogP contribution in [0.4, 0.5) is 4.39 Å². The molecule has 6 N–H and O–H groups in total. The number of rotatable bonds is 26. The quantitative estimate of drug-likeness (QED) is 0.0167. The Labute approximate surface area is 925 Å². The molecule has 0 amide bonds. The molecule has 12 rings (SSSR count). The summed E-state index contributed by atoms with van der Waals surface area (Å²) in [6.07, 6.45) is 10.8. The second kappa shape index (κ2) is 82.1. The van der Waals surface area contributed by atoms with Gasteiger partial charge in [-0.1, -0.05) is 191 Å². The zero-order chi connectivity index (χ0) is 104. The number of ether oxygens (including phenoxy) is 8. The van der Waals surface area contributed by atoms with Crippen LogP contribution in [0.25, 0.3) is 0 Å². The molecule has 0 aliphatic heterocycles. The van der Waals surface area contributed by atoms with E-state index in [4.69, 9.17) is 150 Å². The summed E-state index contributed by atoms with van der Waals surface area (Å²) in [6, 6.07) is 69.6. The molecule has 45 heteroatoms. The van der Waals surface area contributed by atoms with Gasteiger partial charge in [0.2, 0.25) is 0 Å². The number of hydrogen-bond acceptors (Lipinski definition) is 20. The maximum atomic E-state index is 13.4. The maximum absolute atomic E-state index is 13.4. The van der Waals surface area contributed by atoms with Crippen molar-refractivity contribution < 1.29 is 175 Å². The summed E-state index contributed by atoms with van der Waals surface area (Å²) in [5.41, 5.74) is 8.45. The van der Waals surface area contributed by atoms with Gasteiger partial charge in [-0.2, -0.15) is 0 Å². The van der Waals surface area contributed by atoms with E-state index in [1.54, 1.807) is 152 Å². The van der Waals surface area contributed by atoms with Gasteiger partial charge in [-0.25, -0.2) is 4.39 Å². The zero-order valence-electron chi connectivity index (χ0n) is 77.9. The molecule has 0 saturated carbocycles. The van der Waals surface area contributed by atoms with Crippen molar-refractivity contribution in [2.75, 3.05) is 99.2 Å². The van der Waals surface area contributed by atoms with Crippen LogP contribution in [-0.2, 0) is 102 Å². The number of methoxy groups -OCH3 is 8. The van der Waals surface area contributed by atoms with E-state index in [0.29, 0.717) is 91.2 Å². The molecule has 139 heavy (non-hydrogen) atoms. The number of hydrogen-bond donors (Lipinski definition) is 6. The van der Waals surface area contributed by atoms with Crippen molar-refractivity contribution in [3.05, 3.63) is 275 Å². The van der Waals surface area contributed by atoms with E-state index in [2.05, 4.69) is 68.1 Å². The van der Waals surface area contributed by atoms with E-state index in [9.17, 15) is 35.0 Å². The Morgan fingerprint density at radius 3 is 0.878 bits per heavy atom. The first-order valence-electron chi connectivity index (χ1n) is 39.6. The van der Waals surface area contributed by atoms with Crippen LogP contribution < -0.4 is 102 Å². The topological polar surface area (TPSA) is 269 Å². The van der Waals surface area contributed by atoms with Crippen LogP contribution >= 0.6 is 163 Å². The monoisotopic (exact) mass is 2450 g/mol. The molecule has 0 bridgehead atoms. The van der Waals surface area contributed by atoms with Gasteiger partial charge in [0.15, 0.2) is 46.0 Å². The Balaban J connectivity index is 0.000000804. The Morgan fingerprint density at radius 2 is 0.525 bits per heavy atom. The number of aromatic hydroxyl groups is 6. The van der Waals surface area contributed by atoms with Crippen molar-refractivity contribution in [1.29, 1.82) is 0 Å². The Bertz CT molecular complexity index is 5710. The SMILES string of the molecule is CN=Cc1cc(C)ccc1Pc1cc(OC)ccc1O.CN=Cc1cc(F)ccc1Pc1cc(OC)cc(OC)c1O.CN=Cc1cccc(C)c1Pc1cccc(OC)c1O.CN=Cc1ccccc1Pc1cc(OC)cc(OC)c1O.CN=Cc1ccccc1Pc1cc(OC)ccc1O.CN=Cc1ccccc1Pc1cccc(OC)c1O.[Cl][Ti][Cl].[Cl][Ti][Cl].[Cl][Ti][Cl].[Cl][Ti][Cl].[Cl][Ti][Cl].[Cl][Ti][Cl]. The minimum atomic E-state index is -0.556. The average Bonchev–Trinajstić information content (AvgIpc) is 0.824. The fourth-order valence-electron chi connectivity index (χ4n) is 11.5. The average molecular weight is 2460 g/mol. The molecule has 0 fully saturated rings. The molecule has 20 nitrogen and oxygen atoms in total. The first kappa shape index (κ1) is 133. The third-order valence-corrected chi connectivity index (χ3v) is 26.0. The molecule has 0 saturated heterocycles. The summed E-state index contributed by atoms with van der Waals surface area (Å²) in [7, 11) is 83.4. The minimum absolute atomic E-state index is 0.0605. The number of aryl methyl sites for hydroxylation is 2. The summed E-state index contributed by atoms with van der Waals surface area (Å²) in [4.78, 5) is 24.3. The summed E-state index contributed by atoms with van der Waals surface area (Å²) in [5, 5.41) is 72.4. The van der Waals surface area contributed by atoms with Gasteiger partial charge in [0, 0.05) is 140 Å². The molecule has 0 heterocycles. The van der Waals surface area contributed by atoms with Gasteiger partial charge in [-0.05, 0) is 147 Å². The Hall–Kier alpha value is -3.86. The van der Waals surface area contributed by atoms with Crippen molar-refractivity contribution in [3.63, 3.8) is 0 Å². The Morgan fingerprint density at radius 1 is 0.252 bits per heavy atom. The molecule has 0 aliphatic rings. The second-order valence-electron chi connectivity index (χ2n) is 26.1. The number of benzene rings is 12. The van der Waals surface area contributed by atoms with Gasteiger partial charge >= 0.3 is 214 Å². The van der Waals surface area contributed by atoms with Gasteiger partial charge in [-0.15, -0.1) is 0 Å².